The van der Waals surface area contributed by atoms with E-state index in [2.05, 4.69) is 109 Å². The molecule has 0 aromatic rings. The lowest BCUT2D eigenvalue weighted by atomic mass is 10.4. The van der Waals surface area contributed by atoms with Crippen molar-refractivity contribution >= 4 is 68.2 Å². The molecule has 0 amide bonds. The summed E-state index contributed by atoms with van der Waals surface area (Å²) < 4.78 is 1.27. The Kier molecular flexibility index (Phi) is 6.04. The van der Waals surface area contributed by atoms with E-state index in [0.29, 0.717) is 8.57 Å². The standard InChI is InChI=1S/C16H40Br2Si5/c1-19(2,3)15(20(4,5)6)13-14-16(21(7,8)9,22(10,11)12)23(15,17)18/h13-14H2,1-12H3. The van der Waals surface area contributed by atoms with E-state index < -0.39 is 37.6 Å². The van der Waals surface area contributed by atoms with Crippen molar-refractivity contribution < 1.29 is 0 Å². The average Bonchev–Trinajstić information content (AvgIpc) is 2.42. The Morgan fingerprint density at radius 2 is 0.696 bits per heavy atom. The predicted octanol–water partition coefficient (Wildman–Crippen LogP) is 8.00. The van der Waals surface area contributed by atoms with Crippen LogP contribution in [0.1, 0.15) is 12.8 Å². The maximum Gasteiger partial charge on any atom is 0.203 e. The van der Waals surface area contributed by atoms with Crippen LogP contribution < -0.4 is 0 Å². The maximum atomic E-state index is 4.63. The summed E-state index contributed by atoms with van der Waals surface area (Å²) >= 11 is 9.25. The summed E-state index contributed by atoms with van der Waals surface area (Å²) in [5.41, 5.74) is 0. The average molecular weight is 533 g/mol. The first-order valence-electron chi connectivity index (χ1n) is 9.09. The van der Waals surface area contributed by atoms with Gasteiger partial charge in [-0.3, -0.25) is 0 Å². The van der Waals surface area contributed by atoms with Gasteiger partial charge in [-0.1, -0.05) is 91.4 Å². The molecule has 23 heavy (non-hydrogen) atoms. The molecule has 0 bridgehead atoms. The molecular formula is C16H40Br2Si5. The van der Waals surface area contributed by atoms with Crippen molar-refractivity contribution in [2.45, 2.75) is 100.0 Å². The second-order valence-electron chi connectivity index (χ2n) is 11.9. The molecule has 0 radical (unpaired) electrons. The zero-order valence-electron chi connectivity index (χ0n) is 17.7. The summed E-state index contributed by atoms with van der Waals surface area (Å²) in [7, 11) is -5.27. The minimum Gasteiger partial charge on any atom is -0.111 e. The van der Waals surface area contributed by atoms with Crippen LogP contribution in [-0.4, -0.2) is 37.6 Å². The number of rotatable bonds is 4. The molecule has 0 aromatic carbocycles. The molecule has 0 atom stereocenters. The zero-order valence-corrected chi connectivity index (χ0v) is 25.8. The molecule has 0 N–H and O–H groups in total. The number of halogens is 2. The van der Waals surface area contributed by atoms with Crippen LogP contribution in [0.4, 0.5) is 0 Å². The Balaban J connectivity index is 3.88. The van der Waals surface area contributed by atoms with Gasteiger partial charge in [-0.05, 0) is 8.57 Å². The van der Waals surface area contributed by atoms with Crippen LogP contribution in [-0.2, 0) is 0 Å². The van der Waals surface area contributed by atoms with E-state index in [1.54, 1.807) is 0 Å². The van der Waals surface area contributed by atoms with E-state index in [9.17, 15) is 0 Å². The molecule has 1 saturated heterocycles. The Morgan fingerprint density at radius 1 is 0.522 bits per heavy atom. The largest absolute Gasteiger partial charge is 0.203 e. The van der Waals surface area contributed by atoms with Crippen molar-refractivity contribution in [2.75, 3.05) is 0 Å². The predicted molar refractivity (Wildman–Crippen MR) is 132 cm³/mol. The Bertz CT molecular complexity index is 391. The van der Waals surface area contributed by atoms with Crippen LogP contribution in [0.2, 0.25) is 87.1 Å². The molecular weight excluding hydrogens is 492 g/mol. The van der Waals surface area contributed by atoms with E-state index in [0.717, 1.165) is 0 Å². The van der Waals surface area contributed by atoms with Crippen LogP contribution in [0.3, 0.4) is 0 Å². The molecule has 0 unspecified atom stereocenters. The third-order valence-corrected chi connectivity index (χ3v) is 60.4. The quantitative estimate of drug-likeness (QED) is 0.254. The lowest BCUT2D eigenvalue weighted by molar-refractivity contribution is 0.763. The van der Waals surface area contributed by atoms with Crippen molar-refractivity contribution in [3.05, 3.63) is 0 Å². The Labute approximate surface area is 167 Å². The summed E-state index contributed by atoms with van der Waals surface area (Å²) in [5, 5.41) is -1.77. The van der Waals surface area contributed by atoms with E-state index in [1.807, 2.05) is 0 Å². The fourth-order valence-corrected chi connectivity index (χ4v) is 94.1. The molecule has 1 fully saturated rings. The first-order valence-corrected chi connectivity index (χ1v) is 29.6. The summed E-state index contributed by atoms with van der Waals surface area (Å²) in [6.07, 6.45) is 2.99. The highest BCUT2D eigenvalue weighted by Crippen LogP contribution is 2.79. The molecule has 1 aliphatic heterocycles. The highest BCUT2D eigenvalue weighted by Gasteiger charge is 2.79. The van der Waals surface area contributed by atoms with Crippen LogP contribution in [0.25, 0.3) is 0 Å². The molecule has 1 heterocycles. The van der Waals surface area contributed by atoms with Gasteiger partial charge in [0, 0.05) is 32.3 Å². The maximum absolute atomic E-state index is 4.63. The molecule has 7 heteroatoms. The molecule has 0 nitrogen and oxygen atoms in total. The lowest BCUT2D eigenvalue weighted by Gasteiger charge is -2.62. The van der Waals surface area contributed by atoms with Crippen LogP contribution in [0.15, 0.2) is 0 Å². The summed E-state index contributed by atoms with van der Waals surface area (Å²) in [4.78, 5) is 0. The van der Waals surface area contributed by atoms with Gasteiger partial charge in [0.15, 0.2) is 0 Å². The molecule has 0 aliphatic carbocycles. The zero-order chi connectivity index (χ0) is 18.9. The highest BCUT2D eigenvalue weighted by molar-refractivity contribution is 9.51. The highest BCUT2D eigenvalue weighted by atomic mass is 79.9. The van der Waals surface area contributed by atoms with Gasteiger partial charge in [0.2, 0.25) is 5.31 Å². The third-order valence-electron chi connectivity index (χ3n) is 7.07. The van der Waals surface area contributed by atoms with Crippen LogP contribution in [0.5, 0.6) is 0 Å². The van der Waals surface area contributed by atoms with Gasteiger partial charge < -0.3 is 0 Å². The van der Waals surface area contributed by atoms with Crippen molar-refractivity contribution in [3.63, 3.8) is 0 Å². The molecule has 1 rings (SSSR count). The lowest BCUT2D eigenvalue weighted by Crippen LogP contribution is -2.71. The van der Waals surface area contributed by atoms with Crippen molar-refractivity contribution in [1.29, 1.82) is 0 Å². The number of hydrogen-bond donors (Lipinski definition) is 0. The minimum atomic E-state index is -1.77. The smallest absolute Gasteiger partial charge is 0.111 e. The summed E-state index contributed by atoms with van der Waals surface area (Å²) in [6, 6.07) is 0. The molecule has 0 saturated carbocycles. The van der Waals surface area contributed by atoms with Crippen LogP contribution >= 0.6 is 30.6 Å². The second-order valence-corrected chi connectivity index (χ2v) is 49.5. The molecule has 138 valence electrons. The van der Waals surface area contributed by atoms with Crippen molar-refractivity contribution in [3.8, 4) is 0 Å². The second kappa shape index (κ2) is 6.02. The van der Waals surface area contributed by atoms with Gasteiger partial charge in [0.05, 0.1) is 0 Å². The molecule has 0 aromatic heterocycles. The Hall–Kier alpha value is 2.04. The number of hydrogen-bond acceptors (Lipinski definition) is 0. The fourth-order valence-electron chi connectivity index (χ4n) is 6.69. The first-order chi connectivity index (χ1) is 9.71. The van der Waals surface area contributed by atoms with E-state index in [4.69, 9.17) is 0 Å². The first kappa shape index (κ1) is 23.1. The summed E-state index contributed by atoms with van der Waals surface area (Å²) in [5.74, 6) is 0. The van der Waals surface area contributed by atoms with Gasteiger partial charge >= 0.3 is 0 Å². The third kappa shape index (κ3) is 2.94. The molecule has 0 spiro atoms. The van der Waals surface area contributed by atoms with Crippen molar-refractivity contribution in [2.24, 2.45) is 0 Å². The van der Waals surface area contributed by atoms with E-state index in [1.165, 1.54) is 12.8 Å². The monoisotopic (exact) mass is 530 g/mol. The van der Waals surface area contributed by atoms with Crippen molar-refractivity contribution in [1.82, 2.24) is 0 Å². The van der Waals surface area contributed by atoms with Crippen LogP contribution in [0, 0.1) is 0 Å². The van der Waals surface area contributed by atoms with E-state index >= 15 is 0 Å². The topological polar surface area (TPSA) is 0 Å². The van der Waals surface area contributed by atoms with Gasteiger partial charge in [-0.25, -0.2) is 0 Å². The Morgan fingerprint density at radius 3 is 0.783 bits per heavy atom. The van der Waals surface area contributed by atoms with Gasteiger partial charge in [-0.2, -0.15) is 0 Å². The normalized spacial score (nSPS) is 24.8. The van der Waals surface area contributed by atoms with Gasteiger partial charge in [-0.15, -0.1) is 30.6 Å². The van der Waals surface area contributed by atoms with E-state index in [-0.39, 0.29) is 0 Å². The summed E-state index contributed by atoms with van der Waals surface area (Å²) in [6.45, 7) is 32.0. The SMILES string of the molecule is C[Si](C)(C)C1([Si](C)(C)C)CCC([Si](C)(C)C)([Si](C)(C)C)[Si]1(Br)Br. The van der Waals surface area contributed by atoms with Gasteiger partial charge in [0.1, 0.15) is 0 Å². The minimum absolute atomic E-state index is 0.632. The fraction of sp³-hybridized carbons (Fsp3) is 1.00. The molecule has 1 aliphatic rings. The van der Waals surface area contributed by atoms with Gasteiger partial charge in [0.25, 0.3) is 0 Å².